The van der Waals surface area contributed by atoms with Crippen molar-refractivity contribution in [3.8, 4) is 11.1 Å². The van der Waals surface area contributed by atoms with E-state index in [2.05, 4.69) is 20.2 Å². The van der Waals surface area contributed by atoms with E-state index in [1.54, 1.807) is 12.1 Å². The minimum absolute atomic E-state index is 0.0641. The van der Waals surface area contributed by atoms with Crippen LogP contribution in [0.4, 0.5) is 5.13 Å². The number of aromatic amines is 1. The Balaban J connectivity index is 1.46. The Morgan fingerprint density at radius 2 is 1.95 bits per heavy atom. The number of H-pyrrole nitrogens is 1. The largest absolute Gasteiger partial charge is 0.464 e. The molecular formula is C26H23ClN4O5S. The van der Waals surface area contributed by atoms with E-state index in [9.17, 15) is 14.4 Å². The number of anilines is 1. The number of carbonyl (C=O) groups excluding carboxylic acids is 2. The number of fused-ring (bicyclic) bond motifs is 1. The SMILES string of the molecule is COC(=O)c1[nH]c2c(Cl)c(-c3ccccc3)ccc2c(=O)c1CNC(=O)c1cnc(N2CCOCC2)s1. The van der Waals surface area contributed by atoms with Crippen molar-refractivity contribution in [1.82, 2.24) is 15.3 Å². The fourth-order valence-corrected chi connectivity index (χ4v) is 5.38. The summed E-state index contributed by atoms with van der Waals surface area (Å²) in [4.78, 5) is 48.7. The highest BCUT2D eigenvalue weighted by Crippen LogP contribution is 2.33. The van der Waals surface area contributed by atoms with Crippen LogP contribution in [0.2, 0.25) is 5.02 Å². The Morgan fingerprint density at radius 1 is 1.19 bits per heavy atom. The molecule has 1 amide bonds. The van der Waals surface area contributed by atoms with Crippen LogP contribution in [-0.4, -0.2) is 55.3 Å². The highest BCUT2D eigenvalue weighted by atomic mass is 35.5. The molecule has 2 aromatic carbocycles. The molecule has 1 fully saturated rings. The predicted molar refractivity (Wildman–Crippen MR) is 143 cm³/mol. The number of ether oxygens (including phenoxy) is 2. The van der Waals surface area contributed by atoms with Crippen molar-refractivity contribution in [3.05, 3.63) is 80.0 Å². The molecule has 2 N–H and O–H groups in total. The van der Waals surface area contributed by atoms with E-state index in [4.69, 9.17) is 21.1 Å². The molecule has 0 radical (unpaired) electrons. The van der Waals surface area contributed by atoms with Gasteiger partial charge in [0.1, 0.15) is 10.6 Å². The van der Waals surface area contributed by atoms with E-state index in [-0.39, 0.29) is 17.8 Å². The van der Waals surface area contributed by atoms with Crippen molar-refractivity contribution in [1.29, 1.82) is 0 Å². The fourth-order valence-electron chi connectivity index (χ4n) is 4.18. The number of hydrogen-bond acceptors (Lipinski definition) is 8. The van der Waals surface area contributed by atoms with Crippen molar-refractivity contribution in [2.24, 2.45) is 0 Å². The van der Waals surface area contributed by atoms with Crippen molar-refractivity contribution >= 4 is 50.8 Å². The van der Waals surface area contributed by atoms with E-state index < -0.39 is 17.3 Å². The molecule has 2 aromatic heterocycles. The molecule has 0 unspecified atom stereocenters. The molecule has 1 aliphatic heterocycles. The second kappa shape index (κ2) is 10.7. The van der Waals surface area contributed by atoms with Crippen LogP contribution in [0.5, 0.6) is 0 Å². The van der Waals surface area contributed by atoms with Gasteiger partial charge in [0, 0.05) is 30.6 Å². The van der Waals surface area contributed by atoms with Gasteiger partial charge in [0.15, 0.2) is 10.6 Å². The smallest absolute Gasteiger partial charge is 0.354 e. The molecule has 0 atom stereocenters. The number of benzene rings is 2. The zero-order valence-electron chi connectivity index (χ0n) is 19.9. The normalized spacial score (nSPS) is 13.5. The van der Waals surface area contributed by atoms with Crippen molar-refractivity contribution in [2.45, 2.75) is 6.54 Å². The maximum absolute atomic E-state index is 13.5. The van der Waals surface area contributed by atoms with E-state index in [0.717, 1.165) is 10.7 Å². The summed E-state index contributed by atoms with van der Waals surface area (Å²) >= 11 is 7.94. The fraction of sp³-hybridized carbons (Fsp3) is 0.231. The average molecular weight is 539 g/mol. The lowest BCUT2D eigenvalue weighted by molar-refractivity contribution is 0.0592. The molecule has 0 spiro atoms. The predicted octanol–water partition coefficient (Wildman–Crippen LogP) is 3.86. The Kier molecular flexibility index (Phi) is 7.22. The van der Waals surface area contributed by atoms with Crippen LogP contribution in [0.1, 0.15) is 25.7 Å². The second-order valence-electron chi connectivity index (χ2n) is 8.30. The molecule has 1 aliphatic rings. The lowest BCUT2D eigenvalue weighted by Crippen LogP contribution is -2.36. The number of thiazole rings is 1. The number of methoxy groups -OCH3 is 1. The summed E-state index contributed by atoms with van der Waals surface area (Å²) < 4.78 is 10.3. The standard InChI is InChI=1S/C26H23ClN4O5S/c1-35-25(34)22-18(13-28-24(33)19-14-29-26(37-19)31-9-11-36-12-10-31)23(32)17-8-7-16(20(27)21(17)30-22)15-5-3-2-4-6-15/h2-8,14H,9-13H2,1H3,(H,28,33)(H,30,32). The van der Waals surface area contributed by atoms with Crippen LogP contribution in [0, 0.1) is 0 Å². The van der Waals surface area contributed by atoms with Gasteiger partial charge in [-0.05, 0) is 11.6 Å². The van der Waals surface area contributed by atoms with Gasteiger partial charge in [0.25, 0.3) is 5.91 Å². The van der Waals surface area contributed by atoms with Crippen molar-refractivity contribution in [3.63, 3.8) is 0 Å². The van der Waals surface area contributed by atoms with Gasteiger partial charge >= 0.3 is 5.97 Å². The Bertz CT molecular complexity index is 1530. The first kappa shape index (κ1) is 24.9. The maximum Gasteiger partial charge on any atom is 0.354 e. The maximum atomic E-state index is 13.5. The van der Waals surface area contributed by atoms with Crippen molar-refractivity contribution in [2.75, 3.05) is 38.3 Å². The number of amides is 1. The summed E-state index contributed by atoms with van der Waals surface area (Å²) in [6.07, 6.45) is 1.50. The molecule has 11 heteroatoms. The third kappa shape index (κ3) is 4.95. The van der Waals surface area contributed by atoms with Crippen molar-refractivity contribution < 1.29 is 19.1 Å². The van der Waals surface area contributed by atoms with Gasteiger partial charge in [-0.15, -0.1) is 0 Å². The first-order chi connectivity index (χ1) is 18.0. The topological polar surface area (TPSA) is 114 Å². The molecule has 0 aliphatic carbocycles. The summed E-state index contributed by atoms with van der Waals surface area (Å²) in [6, 6.07) is 12.9. The van der Waals surface area contributed by atoms with E-state index >= 15 is 0 Å². The molecule has 5 rings (SSSR count). The zero-order chi connectivity index (χ0) is 25.9. The molecule has 37 heavy (non-hydrogen) atoms. The third-order valence-corrected chi connectivity index (χ3v) is 7.56. The monoisotopic (exact) mass is 538 g/mol. The minimum atomic E-state index is -0.739. The van der Waals surface area contributed by atoms with Crippen LogP contribution >= 0.6 is 22.9 Å². The van der Waals surface area contributed by atoms with Crippen LogP contribution in [0.25, 0.3) is 22.0 Å². The number of carbonyl (C=O) groups is 2. The molecule has 1 saturated heterocycles. The number of esters is 1. The van der Waals surface area contributed by atoms with E-state index in [0.29, 0.717) is 52.7 Å². The summed E-state index contributed by atoms with van der Waals surface area (Å²) in [6.45, 7) is 2.45. The number of nitrogens with zero attached hydrogens (tertiary/aromatic N) is 2. The lowest BCUT2D eigenvalue weighted by atomic mass is 10.0. The van der Waals surface area contributed by atoms with E-state index in [1.165, 1.54) is 24.6 Å². The van der Waals surface area contributed by atoms with Crippen LogP contribution in [0.3, 0.4) is 0 Å². The minimum Gasteiger partial charge on any atom is -0.464 e. The summed E-state index contributed by atoms with van der Waals surface area (Å²) in [5.74, 6) is -1.14. The highest BCUT2D eigenvalue weighted by molar-refractivity contribution is 7.17. The quantitative estimate of drug-likeness (QED) is 0.358. The summed E-state index contributed by atoms with van der Waals surface area (Å²) in [5, 5.41) is 4.08. The van der Waals surface area contributed by atoms with Crippen LogP contribution < -0.4 is 15.6 Å². The van der Waals surface area contributed by atoms with Gasteiger partial charge in [0.05, 0.1) is 42.6 Å². The number of morpholine rings is 1. The van der Waals surface area contributed by atoms with Crippen LogP contribution in [-0.2, 0) is 16.0 Å². The number of aromatic nitrogens is 2. The second-order valence-corrected chi connectivity index (χ2v) is 9.69. The number of hydrogen-bond donors (Lipinski definition) is 2. The Morgan fingerprint density at radius 3 is 2.68 bits per heavy atom. The molecule has 4 aromatic rings. The van der Waals surface area contributed by atoms with Gasteiger partial charge in [-0.2, -0.15) is 0 Å². The molecule has 9 nitrogen and oxygen atoms in total. The zero-order valence-corrected chi connectivity index (χ0v) is 21.4. The molecular weight excluding hydrogens is 516 g/mol. The summed E-state index contributed by atoms with van der Waals surface area (Å²) in [5.41, 5.74) is 1.49. The summed E-state index contributed by atoms with van der Waals surface area (Å²) in [7, 11) is 1.22. The van der Waals surface area contributed by atoms with Gasteiger partial charge in [0.2, 0.25) is 0 Å². The number of halogens is 1. The van der Waals surface area contributed by atoms with E-state index in [1.807, 2.05) is 30.3 Å². The molecule has 0 bridgehead atoms. The number of nitrogens with one attached hydrogen (secondary N) is 2. The van der Waals surface area contributed by atoms with Gasteiger partial charge in [-0.1, -0.05) is 59.3 Å². The Hall–Kier alpha value is -3.73. The number of rotatable bonds is 6. The van der Waals surface area contributed by atoms with Crippen LogP contribution in [0.15, 0.2) is 53.5 Å². The molecule has 0 saturated carbocycles. The third-order valence-electron chi connectivity index (χ3n) is 6.11. The van der Waals surface area contributed by atoms with Gasteiger partial charge < -0.3 is 24.7 Å². The highest BCUT2D eigenvalue weighted by Gasteiger charge is 2.23. The Labute approximate surface area is 221 Å². The first-order valence-electron chi connectivity index (χ1n) is 11.6. The molecule has 190 valence electrons. The number of pyridine rings is 1. The average Bonchev–Trinajstić information content (AvgIpc) is 3.44. The van der Waals surface area contributed by atoms with Gasteiger partial charge in [-0.3, -0.25) is 9.59 Å². The lowest BCUT2D eigenvalue weighted by Gasteiger charge is -2.25. The van der Waals surface area contributed by atoms with Gasteiger partial charge in [-0.25, -0.2) is 9.78 Å². The molecule has 3 heterocycles. The first-order valence-corrected chi connectivity index (χ1v) is 12.7.